The average molecular weight is 411 g/mol. The molecule has 0 amide bonds. The highest BCUT2D eigenvalue weighted by Crippen LogP contribution is 2.27. The normalized spacial score (nSPS) is 10.7. The molecular weight excluding hydrogens is 392 g/mol. The van der Waals surface area contributed by atoms with Gasteiger partial charge in [0.2, 0.25) is 0 Å². The second kappa shape index (κ2) is 8.81. The third-order valence-corrected chi connectivity index (χ3v) is 4.37. The molecule has 4 aromatic rings. The van der Waals surface area contributed by atoms with E-state index in [0.29, 0.717) is 17.6 Å². The summed E-state index contributed by atoms with van der Waals surface area (Å²) < 4.78 is 6.88. The number of carbonyl (C=O) groups excluding carboxylic acids is 2. The first-order chi connectivity index (χ1) is 13.7. The second-order valence-electron chi connectivity index (χ2n) is 6.32. The average Bonchev–Trinajstić information content (AvgIpc) is 3.12. The molecule has 0 fully saturated rings. The maximum Gasteiger partial charge on any atom is 0.366 e. The first-order valence-electron chi connectivity index (χ1n) is 8.84. The minimum atomic E-state index is -0.805. The van der Waals surface area contributed by atoms with Gasteiger partial charge in [-0.05, 0) is 18.7 Å². The second-order valence-corrected chi connectivity index (χ2v) is 6.32. The highest BCUT2D eigenvalue weighted by Gasteiger charge is 2.22. The number of likely N-dealkylation sites (N-methyl/N-ethyl adjacent to an activating group) is 1. The first kappa shape index (κ1) is 20.4. The largest absolute Gasteiger partial charge is 0.387 e. The monoisotopic (exact) mass is 410 g/mol. The van der Waals surface area contributed by atoms with E-state index in [9.17, 15) is 9.59 Å². The van der Waals surface area contributed by atoms with Gasteiger partial charge in [-0.3, -0.25) is 4.79 Å². The van der Waals surface area contributed by atoms with Gasteiger partial charge in [0.25, 0.3) is 0 Å². The van der Waals surface area contributed by atoms with E-state index >= 15 is 0 Å². The van der Waals surface area contributed by atoms with Crippen LogP contribution in [-0.2, 0) is 16.1 Å². The summed E-state index contributed by atoms with van der Waals surface area (Å²) in [6.45, 7) is 0.531. The number of imidazole rings is 1. The molecule has 7 nitrogen and oxygen atoms in total. The van der Waals surface area contributed by atoms with E-state index in [0.717, 1.165) is 16.5 Å². The maximum atomic E-state index is 12.6. The molecule has 1 N–H and O–H groups in total. The number of hydrogen-bond acceptors (Lipinski definition) is 6. The lowest BCUT2D eigenvalue weighted by molar-refractivity contribution is -0.136. The number of nitrogens with one attached hydrogen (secondary N) is 1. The molecule has 0 aliphatic rings. The van der Waals surface area contributed by atoms with Crippen LogP contribution in [0.5, 0.6) is 0 Å². The number of nitrogens with zero attached hydrogens (tertiary/aromatic N) is 3. The number of rotatable bonds is 5. The van der Waals surface area contributed by atoms with Crippen molar-refractivity contribution in [2.45, 2.75) is 6.54 Å². The number of hydrogen-bond donors (Lipinski definition) is 1. The Bertz CT molecular complexity index is 1170. The van der Waals surface area contributed by atoms with E-state index in [2.05, 4.69) is 15.3 Å². The van der Waals surface area contributed by atoms with Crippen molar-refractivity contribution in [2.24, 2.45) is 0 Å². The van der Waals surface area contributed by atoms with E-state index in [1.165, 1.54) is 0 Å². The Balaban J connectivity index is 0.00000240. The number of para-hydroxylation sites is 1. The Morgan fingerprint density at radius 3 is 2.55 bits per heavy atom. The molecule has 0 unspecified atom stereocenters. The summed E-state index contributed by atoms with van der Waals surface area (Å²) in [7, 11) is 1.60. The van der Waals surface area contributed by atoms with Gasteiger partial charge < -0.3 is 14.6 Å². The summed E-state index contributed by atoms with van der Waals surface area (Å²) in [5.41, 5.74) is 2.97. The van der Waals surface area contributed by atoms with Gasteiger partial charge in [0.1, 0.15) is 5.52 Å². The van der Waals surface area contributed by atoms with Crippen LogP contribution in [0.4, 0.5) is 0 Å². The van der Waals surface area contributed by atoms with Crippen molar-refractivity contribution in [2.75, 3.05) is 13.6 Å². The predicted molar refractivity (Wildman–Crippen MR) is 112 cm³/mol. The van der Waals surface area contributed by atoms with E-state index in [-0.39, 0.29) is 24.6 Å². The van der Waals surface area contributed by atoms with Crippen LogP contribution < -0.4 is 5.32 Å². The molecule has 0 saturated heterocycles. The van der Waals surface area contributed by atoms with Crippen LogP contribution in [-0.4, -0.2) is 40.1 Å². The number of pyridine rings is 1. The minimum Gasteiger partial charge on any atom is -0.387 e. The van der Waals surface area contributed by atoms with Crippen molar-refractivity contribution in [3.8, 4) is 0 Å². The number of halogens is 1. The number of carbonyl (C=O) groups is 2. The summed E-state index contributed by atoms with van der Waals surface area (Å²) in [5.74, 6) is -1.47. The highest BCUT2D eigenvalue weighted by molar-refractivity contribution is 6.12. The number of aromatic nitrogens is 3. The van der Waals surface area contributed by atoms with Gasteiger partial charge in [-0.1, -0.05) is 48.5 Å². The number of esters is 2. The van der Waals surface area contributed by atoms with Crippen LogP contribution in [0, 0.1) is 0 Å². The minimum absolute atomic E-state index is 0. The lowest BCUT2D eigenvalue weighted by atomic mass is 10.1. The zero-order valence-electron chi connectivity index (χ0n) is 15.7. The lowest BCUT2D eigenvalue weighted by Crippen LogP contribution is -2.24. The van der Waals surface area contributed by atoms with Gasteiger partial charge in [-0.15, -0.1) is 12.4 Å². The van der Waals surface area contributed by atoms with Crippen molar-refractivity contribution in [3.63, 3.8) is 0 Å². The van der Waals surface area contributed by atoms with Crippen molar-refractivity contribution in [3.05, 3.63) is 72.2 Å². The standard InChI is InChI=1S/C21H18N4O3.ClH/c1-22-11-17(26)28-21(27)19-18-20(15-9-5-6-10-16(15)24-19)25(13-23-18)12-14-7-3-2-4-8-14;/h2-10,13,22H,11-12H2,1H3;1H. The van der Waals surface area contributed by atoms with Crippen LogP contribution in [0.15, 0.2) is 60.9 Å². The topological polar surface area (TPSA) is 86.1 Å². The first-order valence-corrected chi connectivity index (χ1v) is 8.84. The Hall–Kier alpha value is -3.29. The molecule has 0 aliphatic heterocycles. The van der Waals surface area contributed by atoms with E-state index < -0.39 is 11.9 Å². The number of fused-ring (bicyclic) bond motifs is 3. The van der Waals surface area contributed by atoms with Crippen LogP contribution in [0.1, 0.15) is 16.1 Å². The molecular formula is C21H19ClN4O3. The summed E-state index contributed by atoms with van der Waals surface area (Å²) >= 11 is 0. The van der Waals surface area contributed by atoms with Gasteiger partial charge in [-0.2, -0.15) is 0 Å². The predicted octanol–water partition coefficient (Wildman–Crippen LogP) is 2.96. The van der Waals surface area contributed by atoms with Gasteiger partial charge in [0, 0.05) is 11.9 Å². The van der Waals surface area contributed by atoms with Crippen molar-refractivity contribution < 1.29 is 14.3 Å². The third kappa shape index (κ3) is 4.11. The molecule has 29 heavy (non-hydrogen) atoms. The van der Waals surface area contributed by atoms with Gasteiger partial charge in [0.15, 0.2) is 5.69 Å². The van der Waals surface area contributed by atoms with E-state index in [1.54, 1.807) is 13.4 Å². The molecule has 0 saturated carbocycles. The van der Waals surface area contributed by atoms with Crippen molar-refractivity contribution in [1.29, 1.82) is 0 Å². The van der Waals surface area contributed by atoms with Crippen LogP contribution in [0.2, 0.25) is 0 Å². The molecule has 0 radical (unpaired) electrons. The van der Waals surface area contributed by atoms with Gasteiger partial charge in [-0.25, -0.2) is 14.8 Å². The Labute approximate surface area is 173 Å². The Morgan fingerprint density at radius 1 is 1.07 bits per heavy atom. The fourth-order valence-electron chi connectivity index (χ4n) is 3.16. The summed E-state index contributed by atoms with van der Waals surface area (Å²) in [5, 5.41) is 3.53. The summed E-state index contributed by atoms with van der Waals surface area (Å²) in [4.78, 5) is 33.1. The highest BCUT2D eigenvalue weighted by atomic mass is 35.5. The molecule has 0 aliphatic carbocycles. The molecule has 0 atom stereocenters. The fourth-order valence-corrected chi connectivity index (χ4v) is 3.16. The van der Waals surface area contributed by atoms with E-state index in [1.807, 2.05) is 59.2 Å². The molecule has 0 spiro atoms. The SMILES string of the molecule is CNCC(=O)OC(=O)c1nc2ccccc2c2c1ncn2Cc1ccccc1.Cl. The van der Waals surface area contributed by atoms with Crippen molar-refractivity contribution in [1.82, 2.24) is 19.9 Å². The van der Waals surface area contributed by atoms with Crippen LogP contribution >= 0.6 is 12.4 Å². The smallest absolute Gasteiger partial charge is 0.366 e. The summed E-state index contributed by atoms with van der Waals surface area (Å²) in [6.07, 6.45) is 1.68. The quantitative estimate of drug-likeness (QED) is 0.402. The fraction of sp³-hybridized carbons (Fsp3) is 0.143. The molecule has 4 rings (SSSR count). The van der Waals surface area contributed by atoms with Crippen LogP contribution in [0.3, 0.4) is 0 Å². The van der Waals surface area contributed by atoms with Gasteiger partial charge in [0.05, 0.1) is 23.9 Å². The van der Waals surface area contributed by atoms with Gasteiger partial charge >= 0.3 is 11.9 Å². The van der Waals surface area contributed by atoms with Crippen LogP contribution in [0.25, 0.3) is 21.9 Å². The Morgan fingerprint density at radius 2 is 1.79 bits per heavy atom. The molecule has 2 aromatic heterocycles. The molecule has 8 heteroatoms. The molecule has 2 aromatic carbocycles. The third-order valence-electron chi connectivity index (χ3n) is 4.37. The Kier molecular flexibility index (Phi) is 6.21. The molecule has 0 bridgehead atoms. The lowest BCUT2D eigenvalue weighted by Gasteiger charge is -2.09. The maximum absolute atomic E-state index is 12.6. The molecule has 148 valence electrons. The number of ether oxygens (including phenoxy) is 1. The van der Waals surface area contributed by atoms with Crippen molar-refractivity contribution >= 4 is 46.3 Å². The number of benzene rings is 2. The summed E-state index contributed by atoms with van der Waals surface area (Å²) in [6, 6.07) is 17.5. The zero-order valence-corrected chi connectivity index (χ0v) is 16.5. The zero-order chi connectivity index (χ0) is 19.5. The van der Waals surface area contributed by atoms with E-state index in [4.69, 9.17) is 4.74 Å². The molecule has 2 heterocycles.